The molecule has 18 heavy (non-hydrogen) atoms. The van der Waals surface area contributed by atoms with Crippen molar-refractivity contribution >= 4 is 23.2 Å². The number of amides is 1. The van der Waals surface area contributed by atoms with E-state index in [1.807, 2.05) is 0 Å². The predicted octanol–water partition coefficient (Wildman–Crippen LogP) is 2.97. The zero-order valence-corrected chi connectivity index (χ0v) is 10.7. The second-order valence-corrected chi connectivity index (χ2v) is 6.26. The van der Waals surface area contributed by atoms with Crippen molar-refractivity contribution in [3.05, 3.63) is 23.5 Å². The number of hydrogen-bond acceptors (Lipinski definition) is 2. The first-order valence-corrected chi connectivity index (χ1v) is 7.04. The Morgan fingerprint density at radius 1 is 1.28 bits per heavy atom. The van der Waals surface area contributed by atoms with Crippen molar-refractivity contribution in [2.24, 2.45) is 29.6 Å². The molecule has 0 spiro atoms. The van der Waals surface area contributed by atoms with Crippen LogP contribution in [0.1, 0.15) is 19.3 Å². The fraction of sp³-hybridized carbons (Fsp3) is 0.571. The molecule has 0 radical (unpaired) electrons. The van der Waals surface area contributed by atoms with E-state index in [2.05, 4.69) is 10.3 Å². The summed E-state index contributed by atoms with van der Waals surface area (Å²) in [5, 5.41) is 3.42. The molecule has 3 saturated carbocycles. The quantitative estimate of drug-likeness (QED) is 0.833. The summed E-state index contributed by atoms with van der Waals surface area (Å²) in [6.45, 7) is 0. The van der Waals surface area contributed by atoms with Gasteiger partial charge < -0.3 is 5.32 Å². The molecule has 1 aromatic rings. The fourth-order valence-electron chi connectivity index (χ4n) is 4.35. The number of halogens is 1. The van der Waals surface area contributed by atoms with Gasteiger partial charge in [0, 0.05) is 5.92 Å². The molecule has 4 heteroatoms. The fourth-order valence-corrected chi connectivity index (χ4v) is 4.46. The highest BCUT2D eigenvalue weighted by atomic mass is 35.5. The van der Waals surface area contributed by atoms with Crippen molar-refractivity contribution in [2.45, 2.75) is 19.3 Å². The molecule has 1 aromatic heterocycles. The third kappa shape index (κ3) is 1.50. The number of fused-ring (bicyclic) bond motifs is 5. The van der Waals surface area contributed by atoms with Crippen LogP contribution in [0.4, 0.5) is 5.69 Å². The molecule has 3 fully saturated rings. The number of carbonyl (C=O) groups excluding carboxylic acids is 1. The maximum atomic E-state index is 12.2. The Bertz CT molecular complexity index is 485. The molecule has 1 heterocycles. The van der Waals surface area contributed by atoms with Crippen LogP contribution in [0.15, 0.2) is 18.3 Å². The van der Waals surface area contributed by atoms with Crippen molar-refractivity contribution in [3.63, 3.8) is 0 Å². The third-order valence-electron chi connectivity index (χ3n) is 5.03. The van der Waals surface area contributed by atoms with Crippen LogP contribution in [-0.2, 0) is 4.79 Å². The summed E-state index contributed by atoms with van der Waals surface area (Å²) in [6.07, 6.45) is 5.69. The first kappa shape index (κ1) is 10.8. The third-order valence-corrected chi connectivity index (χ3v) is 5.26. The first-order valence-electron chi connectivity index (χ1n) is 6.66. The normalized spacial score (nSPS) is 39.5. The van der Waals surface area contributed by atoms with Gasteiger partial charge in [0.15, 0.2) is 0 Å². The Kier molecular flexibility index (Phi) is 2.22. The molecule has 3 nitrogen and oxygen atoms in total. The summed E-state index contributed by atoms with van der Waals surface area (Å²) >= 11 is 5.72. The minimum Gasteiger partial charge on any atom is -0.324 e. The Hall–Kier alpha value is -1.09. The van der Waals surface area contributed by atoms with Crippen LogP contribution in [0.25, 0.3) is 0 Å². The lowest BCUT2D eigenvalue weighted by molar-refractivity contribution is -0.118. The van der Waals surface area contributed by atoms with Gasteiger partial charge in [-0.1, -0.05) is 11.6 Å². The van der Waals surface area contributed by atoms with Gasteiger partial charge in [-0.3, -0.25) is 4.79 Å². The second-order valence-electron chi connectivity index (χ2n) is 5.87. The van der Waals surface area contributed by atoms with Gasteiger partial charge in [0.05, 0.1) is 11.9 Å². The zero-order chi connectivity index (χ0) is 12.3. The van der Waals surface area contributed by atoms with E-state index in [4.69, 9.17) is 11.6 Å². The van der Waals surface area contributed by atoms with E-state index in [1.54, 1.807) is 18.3 Å². The molecule has 94 valence electrons. The minimum absolute atomic E-state index is 0.186. The van der Waals surface area contributed by atoms with Gasteiger partial charge in [-0.05, 0) is 55.1 Å². The molecular weight excluding hydrogens is 248 g/mol. The first-order chi connectivity index (χ1) is 8.74. The van der Waals surface area contributed by atoms with Crippen molar-refractivity contribution in [2.75, 3.05) is 5.32 Å². The molecule has 2 bridgehead atoms. The Balaban J connectivity index is 1.45. The van der Waals surface area contributed by atoms with Crippen LogP contribution in [0.2, 0.25) is 5.15 Å². The molecule has 3 aliphatic rings. The number of nitrogens with zero attached hydrogens (tertiary/aromatic N) is 1. The molecule has 4 unspecified atom stereocenters. The monoisotopic (exact) mass is 262 g/mol. The lowest BCUT2D eigenvalue weighted by Crippen LogP contribution is -2.18. The highest BCUT2D eigenvalue weighted by Gasteiger charge is 2.67. The number of anilines is 1. The summed E-state index contributed by atoms with van der Waals surface area (Å²) in [5.74, 6) is 3.49. The van der Waals surface area contributed by atoms with Crippen molar-refractivity contribution in [1.82, 2.24) is 4.98 Å². The Morgan fingerprint density at radius 2 is 2.00 bits per heavy atom. The van der Waals surface area contributed by atoms with Gasteiger partial charge in [0.1, 0.15) is 5.15 Å². The maximum Gasteiger partial charge on any atom is 0.228 e. The van der Waals surface area contributed by atoms with E-state index in [-0.39, 0.29) is 11.8 Å². The number of aromatic nitrogens is 1. The number of pyridine rings is 1. The smallest absolute Gasteiger partial charge is 0.228 e. The lowest BCUT2D eigenvalue weighted by Gasteiger charge is -2.09. The van der Waals surface area contributed by atoms with E-state index < -0.39 is 0 Å². The van der Waals surface area contributed by atoms with Gasteiger partial charge in [-0.2, -0.15) is 0 Å². The Morgan fingerprint density at radius 3 is 2.61 bits per heavy atom. The minimum atomic E-state index is 0.186. The molecular formula is C14H15ClN2O. The summed E-state index contributed by atoms with van der Waals surface area (Å²) < 4.78 is 0. The highest BCUT2D eigenvalue weighted by molar-refractivity contribution is 6.29. The van der Waals surface area contributed by atoms with Gasteiger partial charge in [0.25, 0.3) is 0 Å². The highest BCUT2D eigenvalue weighted by Crippen LogP contribution is 2.69. The zero-order valence-electron chi connectivity index (χ0n) is 9.97. The number of carbonyl (C=O) groups is 1. The molecule has 3 aliphatic carbocycles. The second kappa shape index (κ2) is 3.70. The largest absolute Gasteiger partial charge is 0.324 e. The summed E-state index contributed by atoms with van der Waals surface area (Å²) in [5.41, 5.74) is 0.752. The van der Waals surface area contributed by atoms with Crippen molar-refractivity contribution in [1.29, 1.82) is 0 Å². The van der Waals surface area contributed by atoms with Crippen molar-refractivity contribution in [3.8, 4) is 0 Å². The van der Waals surface area contributed by atoms with Crippen LogP contribution in [-0.4, -0.2) is 10.9 Å². The topological polar surface area (TPSA) is 42.0 Å². The molecule has 0 aliphatic heterocycles. The van der Waals surface area contributed by atoms with Crippen molar-refractivity contribution < 1.29 is 4.79 Å². The van der Waals surface area contributed by atoms with Crippen LogP contribution in [0.5, 0.6) is 0 Å². The van der Waals surface area contributed by atoms with Crippen LogP contribution in [0.3, 0.4) is 0 Å². The molecule has 4 rings (SSSR count). The average Bonchev–Trinajstić information content (AvgIpc) is 2.82. The Labute approximate surface area is 111 Å². The van der Waals surface area contributed by atoms with E-state index in [0.717, 1.165) is 17.5 Å². The van der Waals surface area contributed by atoms with Gasteiger partial charge in [-0.25, -0.2) is 4.98 Å². The standard InChI is InChI=1S/C14H15ClN2O/c15-10-4-3-9(6-16-10)17-14(18)13-11-7-1-2-8(5-7)12(11)13/h3-4,6-8,11-13H,1-2,5H2,(H,17,18). The lowest BCUT2D eigenvalue weighted by atomic mass is 10.0. The van der Waals surface area contributed by atoms with Crippen LogP contribution >= 0.6 is 11.6 Å². The van der Waals surface area contributed by atoms with E-state index >= 15 is 0 Å². The number of rotatable bonds is 2. The predicted molar refractivity (Wildman–Crippen MR) is 69.2 cm³/mol. The van der Waals surface area contributed by atoms with E-state index in [1.165, 1.54) is 19.3 Å². The van der Waals surface area contributed by atoms with E-state index in [9.17, 15) is 4.79 Å². The van der Waals surface area contributed by atoms with Gasteiger partial charge in [0.2, 0.25) is 5.91 Å². The number of nitrogens with one attached hydrogen (secondary N) is 1. The molecule has 0 aromatic carbocycles. The molecule has 4 atom stereocenters. The number of hydrogen-bond donors (Lipinski definition) is 1. The summed E-state index contributed by atoms with van der Waals surface area (Å²) in [6, 6.07) is 3.51. The SMILES string of the molecule is O=C(Nc1ccc(Cl)nc1)C1C2C3CCC(C3)C12. The molecule has 1 amide bonds. The summed E-state index contributed by atoms with van der Waals surface area (Å²) in [4.78, 5) is 16.2. The maximum absolute atomic E-state index is 12.2. The van der Waals surface area contributed by atoms with Gasteiger partial charge in [-0.15, -0.1) is 0 Å². The molecule has 0 saturated heterocycles. The average molecular weight is 263 g/mol. The van der Waals surface area contributed by atoms with E-state index in [0.29, 0.717) is 17.0 Å². The summed E-state index contributed by atoms with van der Waals surface area (Å²) in [7, 11) is 0. The van der Waals surface area contributed by atoms with Crippen LogP contribution < -0.4 is 5.32 Å². The molecule has 1 N–H and O–H groups in total. The van der Waals surface area contributed by atoms with Gasteiger partial charge >= 0.3 is 0 Å². The van der Waals surface area contributed by atoms with Crippen LogP contribution in [0, 0.1) is 29.6 Å².